The Morgan fingerprint density at radius 2 is 1.41 bits per heavy atom. The number of fused-ring (bicyclic) bond motifs is 1. The van der Waals surface area contributed by atoms with E-state index >= 15 is 0 Å². The number of carbonyl (C=O) groups excluding carboxylic acids is 1. The van der Waals surface area contributed by atoms with E-state index in [9.17, 15) is 76.0 Å². The number of benzene rings is 3. The Morgan fingerprint density at radius 3 is 2.11 bits per heavy atom. The summed E-state index contributed by atoms with van der Waals surface area (Å²) in [5.74, 6) is -4.72. The molecule has 3 saturated heterocycles. The maximum Gasteiger partial charge on any atom is 0.330 e. The normalized spacial score (nSPS) is 31.4. The summed E-state index contributed by atoms with van der Waals surface area (Å²) in [6.45, 7) is -2.15. The van der Waals surface area contributed by atoms with Crippen LogP contribution in [0.4, 0.5) is 0 Å². The topological polar surface area (TPSA) is 384 Å². The zero-order chi connectivity index (χ0) is 47.7. The average Bonchev–Trinajstić information content (AvgIpc) is 3.29. The van der Waals surface area contributed by atoms with E-state index in [0.717, 1.165) is 30.3 Å². The molecule has 3 aliphatic heterocycles. The minimum atomic E-state index is -2.07. The maximum absolute atomic E-state index is 14.3. The van der Waals surface area contributed by atoms with Crippen LogP contribution in [0.2, 0.25) is 0 Å². The maximum atomic E-state index is 14.3. The van der Waals surface area contributed by atoms with Crippen LogP contribution in [0.5, 0.6) is 40.2 Å². The van der Waals surface area contributed by atoms with E-state index < -0.39 is 157 Å². The number of phenolic OH excluding ortho intramolecular Hbond substituents is 4. The lowest BCUT2D eigenvalue weighted by molar-refractivity contribution is -0.348. The Kier molecular flexibility index (Phi) is 14.5. The number of aliphatic hydroxyl groups is 9. The van der Waals surface area contributed by atoms with Crippen molar-refractivity contribution in [3.8, 4) is 51.6 Å². The second-order valence-electron chi connectivity index (χ2n) is 15.3. The van der Waals surface area contributed by atoms with Crippen molar-refractivity contribution in [1.82, 2.24) is 0 Å². The molecule has 14 atom stereocenters. The first-order valence-corrected chi connectivity index (χ1v) is 19.9. The summed E-state index contributed by atoms with van der Waals surface area (Å²) in [6, 6.07) is 9.35. The van der Waals surface area contributed by atoms with E-state index in [4.69, 9.17) is 42.3 Å². The molecule has 0 aliphatic carbocycles. The van der Waals surface area contributed by atoms with Crippen molar-refractivity contribution in [3.63, 3.8) is 0 Å². The van der Waals surface area contributed by atoms with Crippen LogP contribution in [0.25, 0.3) is 28.4 Å². The van der Waals surface area contributed by atoms with Crippen LogP contribution in [-0.2, 0) is 28.5 Å². The number of ether oxygens (including phenoxy) is 8. The molecular formula is C42H46O24. The van der Waals surface area contributed by atoms with Gasteiger partial charge in [0, 0.05) is 23.8 Å². The number of phenols is 4. The van der Waals surface area contributed by atoms with E-state index in [1.165, 1.54) is 37.5 Å². The molecule has 0 radical (unpaired) electrons. The number of carbonyl (C=O) groups is 1. The second-order valence-corrected chi connectivity index (χ2v) is 15.3. The summed E-state index contributed by atoms with van der Waals surface area (Å²) in [5.41, 5.74) is -1.29. The third kappa shape index (κ3) is 9.81. The van der Waals surface area contributed by atoms with Gasteiger partial charge in [0.1, 0.15) is 90.1 Å². The van der Waals surface area contributed by atoms with Crippen LogP contribution in [-0.4, -0.2) is 185 Å². The van der Waals surface area contributed by atoms with Crippen LogP contribution in [0.1, 0.15) is 5.56 Å². The summed E-state index contributed by atoms with van der Waals surface area (Å²) in [4.78, 5) is 26.9. The van der Waals surface area contributed by atoms with Crippen LogP contribution >= 0.6 is 0 Å². The van der Waals surface area contributed by atoms with Gasteiger partial charge in [0.15, 0.2) is 41.2 Å². The predicted octanol–water partition coefficient (Wildman–Crippen LogP) is -2.62. The molecule has 0 saturated carbocycles. The van der Waals surface area contributed by atoms with Gasteiger partial charge in [0.2, 0.25) is 23.8 Å². The molecule has 66 heavy (non-hydrogen) atoms. The number of esters is 1. The van der Waals surface area contributed by atoms with Gasteiger partial charge in [-0.05, 0) is 42.0 Å². The summed E-state index contributed by atoms with van der Waals surface area (Å²) >= 11 is 0. The van der Waals surface area contributed by atoms with Crippen molar-refractivity contribution in [2.75, 3.05) is 26.9 Å². The lowest BCUT2D eigenvalue weighted by Crippen LogP contribution is -2.63. The second kappa shape index (κ2) is 19.9. The molecule has 0 unspecified atom stereocenters. The largest absolute Gasteiger partial charge is 0.507 e. The van der Waals surface area contributed by atoms with Gasteiger partial charge in [-0.15, -0.1) is 0 Å². The first-order chi connectivity index (χ1) is 31.4. The van der Waals surface area contributed by atoms with Crippen LogP contribution < -0.4 is 19.6 Å². The van der Waals surface area contributed by atoms with Gasteiger partial charge in [0.05, 0.1) is 20.3 Å². The quantitative estimate of drug-likeness (QED) is 0.0371. The third-order valence-electron chi connectivity index (χ3n) is 10.9. The molecule has 3 aromatic carbocycles. The molecule has 3 aliphatic rings. The molecule has 7 rings (SSSR count). The molecule has 4 heterocycles. The molecule has 0 bridgehead atoms. The minimum absolute atomic E-state index is 0.133. The smallest absolute Gasteiger partial charge is 0.330 e. The Hall–Kier alpha value is -5.84. The molecule has 4 aromatic rings. The van der Waals surface area contributed by atoms with Crippen molar-refractivity contribution in [2.24, 2.45) is 0 Å². The zero-order valence-corrected chi connectivity index (χ0v) is 34.3. The number of hydrogen-bond acceptors (Lipinski definition) is 24. The van der Waals surface area contributed by atoms with Gasteiger partial charge in [-0.1, -0.05) is 6.07 Å². The summed E-state index contributed by atoms with van der Waals surface area (Å²) < 4.78 is 50.3. The molecule has 0 amide bonds. The SMILES string of the molecule is COc1cc(/C=C/C(=O)OC[C@H]2O[C@@H](O[C@H]3[C@@H](Oc4c(-c5ccc(O)c(O)c5)oc5cc(O[C@@H]6O[C@H](CO)[C@@H](O)[C@H](O)[C@H]6O)cc(O)c5c4=O)OC[C@H](O)[C@@H]3O)[C@H](O)[C@@H](O)[C@@H]2O)ccc1O. The van der Waals surface area contributed by atoms with Crippen LogP contribution in [0.15, 0.2) is 63.8 Å². The molecule has 24 heteroatoms. The summed E-state index contributed by atoms with van der Waals surface area (Å²) in [6.07, 6.45) is -23.2. The fourth-order valence-corrected chi connectivity index (χ4v) is 7.21. The first-order valence-electron chi connectivity index (χ1n) is 19.9. The fraction of sp³-hybridized carbons (Fsp3) is 0.429. The van der Waals surface area contributed by atoms with Crippen LogP contribution in [0, 0.1) is 0 Å². The fourth-order valence-electron chi connectivity index (χ4n) is 7.21. The predicted molar refractivity (Wildman–Crippen MR) is 216 cm³/mol. The molecule has 358 valence electrons. The highest BCUT2D eigenvalue weighted by atomic mass is 16.8. The van der Waals surface area contributed by atoms with E-state index in [-0.39, 0.29) is 22.8 Å². The molecular weight excluding hydrogens is 888 g/mol. The van der Waals surface area contributed by atoms with Gasteiger partial charge in [-0.2, -0.15) is 0 Å². The Balaban J connectivity index is 1.16. The first kappa shape index (κ1) is 48.1. The number of methoxy groups -OCH3 is 1. The van der Waals surface area contributed by atoms with Crippen molar-refractivity contribution in [1.29, 1.82) is 0 Å². The minimum Gasteiger partial charge on any atom is -0.507 e. The molecule has 13 N–H and O–H groups in total. The molecule has 24 nitrogen and oxygen atoms in total. The molecule has 3 fully saturated rings. The highest BCUT2D eigenvalue weighted by molar-refractivity contribution is 5.89. The van der Waals surface area contributed by atoms with Gasteiger partial charge in [-0.25, -0.2) is 4.79 Å². The Morgan fingerprint density at radius 1 is 0.727 bits per heavy atom. The lowest BCUT2D eigenvalue weighted by atomic mass is 9.98. The highest BCUT2D eigenvalue weighted by Gasteiger charge is 2.50. The molecule has 0 spiro atoms. The monoisotopic (exact) mass is 934 g/mol. The third-order valence-corrected chi connectivity index (χ3v) is 10.9. The van der Waals surface area contributed by atoms with Gasteiger partial charge < -0.3 is 109 Å². The van der Waals surface area contributed by atoms with Crippen LogP contribution in [0.3, 0.4) is 0 Å². The van der Waals surface area contributed by atoms with Gasteiger partial charge in [-0.3, -0.25) is 4.79 Å². The molecule has 1 aromatic heterocycles. The lowest BCUT2D eigenvalue weighted by Gasteiger charge is -2.44. The zero-order valence-electron chi connectivity index (χ0n) is 34.3. The van der Waals surface area contributed by atoms with Crippen molar-refractivity contribution in [2.45, 2.75) is 86.0 Å². The standard InChI is InChI=1S/C42H46O24/c1-58-23-8-15(2-5-19(23)45)3-7-27(49)59-14-26-31(52)34(55)36(57)41(64-26)66-39-29(50)22(48)13-60-42(39)65-38-32(53)28-21(47)10-17(61-40-35(56)33(54)30(51)25(12-43)63-40)11-24(28)62-37(38)16-4-6-18(44)20(46)9-16/h2-11,22,25-26,29-31,33-36,39-48,50-52,54-57H,12-14H2,1H3/b7-3+/t22-,25+,26+,29-,30+,31+,33-,34-,35+,36+,39+,40+,41-,42+/m0/s1. The van der Waals surface area contributed by atoms with Crippen molar-refractivity contribution >= 4 is 23.0 Å². The number of aromatic hydroxyl groups is 4. The van der Waals surface area contributed by atoms with Gasteiger partial charge >= 0.3 is 5.97 Å². The van der Waals surface area contributed by atoms with E-state index in [0.29, 0.717) is 5.56 Å². The average molecular weight is 935 g/mol. The summed E-state index contributed by atoms with van der Waals surface area (Å²) in [7, 11) is 1.33. The number of hydrogen-bond donors (Lipinski definition) is 13. The van der Waals surface area contributed by atoms with E-state index in [1.807, 2.05) is 0 Å². The highest BCUT2D eigenvalue weighted by Crippen LogP contribution is 2.40. The Bertz CT molecular complexity index is 2460. The van der Waals surface area contributed by atoms with E-state index in [2.05, 4.69) is 0 Å². The van der Waals surface area contributed by atoms with Crippen molar-refractivity contribution in [3.05, 3.63) is 70.4 Å². The van der Waals surface area contributed by atoms with E-state index in [1.54, 1.807) is 0 Å². The number of rotatable bonds is 13. The van der Waals surface area contributed by atoms with Gasteiger partial charge in [0.25, 0.3) is 0 Å². The summed E-state index contributed by atoms with van der Waals surface area (Å²) in [5, 5.41) is 135. The van der Waals surface area contributed by atoms with Crippen molar-refractivity contribution < 1.29 is 113 Å². The number of aliphatic hydroxyl groups excluding tert-OH is 9. The Labute approximate surface area is 371 Å².